The molecule has 0 N–H and O–H groups in total. The molecule has 0 unspecified atom stereocenters. The number of allylic oxidation sites excluding steroid dienone is 2. The van der Waals surface area contributed by atoms with Crippen LogP contribution in [0.4, 0.5) is 0 Å². The standard InChI is InChI=1S/C4H2Cl2/c5-3-1-2-4-6/h1-2H. The van der Waals surface area contributed by atoms with Crippen LogP contribution in [0, 0.1) is 11.1 Å². The van der Waals surface area contributed by atoms with Crippen LogP contribution in [0.25, 0.3) is 0 Å². The molecule has 32 valence electrons. The molecule has 0 aromatic rings. The number of halogens is 2. The van der Waals surface area contributed by atoms with Gasteiger partial charge in [-0.15, -0.1) is 0 Å². The van der Waals surface area contributed by atoms with Gasteiger partial charge in [-0.3, -0.25) is 0 Å². The van der Waals surface area contributed by atoms with Crippen LogP contribution in [-0.2, 0) is 0 Å². The Balaban J connectivity index is 3.07. The molecule has 0 amide bonds. The zero-order valence-electron chi connectivity index (χ0n) is 2.91. The lowest BCUT2D eigenvalue weighted by atomic mass is 10.6. The molecule has 0 fully saturated rings. The number of hydrogen-bond donors (Lipinski definition) is 0. The van der Waals surface area contributed by atoms with Crippen molar-refractivity contribution in [1.29, 1.82) is 0 Å². The molecule has 0 aliphatic rings. The highest BCUT2D eigenvalue weighted by atomic mass is 35.5. The Morgan fingerprint density at radius 2 is 1.33 bits per heavy atom. The van der Waals surface area contributed by atoms with Crippen LogP contribution in [0.3, 0.4) is 0 Å². The molecule has 0 saturated heterocycles. The van der Waals surface area contributed by atoms with Gasteiger partial charge in [-0.25, -0.2) is 0 Å². The van der Waals surface area contributed by atoms with Crippen molar-refractivity contribution in [2.45, 2.75) is 0 Å². The van der Waals surface area contributed by atoms with Gasteiger partial charge in [-0.2, -0.15) is 0 Å². The van der Waals surface area contributed by atoms with Crippen LogP contribution in [0.1, 0.15) is 0 Å². The second kappa shape index (κ2) is 5.06. The normalized spacial score (nSPS) is 11.7. The van der Waals surface area contributed by atoms with Gasteiger partial charge >= 0.3 is 0 Å². The van der Waals surface area contributed by atoms with Gasteiger partial charge in [-0.1, -0.05) is 23.2 Å². The van der Waals surface area contributed by atoms with E-state index in [0.717, 1.165) is 0 Å². The van der Waals surface area contributed by atoms with Crippen LogP contribution in [0.15, 0.2) is 12.2 Å². The minimum Gasteiger partial charge on any atom is -0.0827 e. The fourth-order valence-corrected chi connectivity index (χ4v) is 0.189. The van der Waals surface area contributed by atoms with Crippen molar-refractivity contribution in [3.8, 4) is 0 Å². The second-order valence-corrected chi connectivity index (χ2v) is 0.988. The third-order valence-electron chi connectivity index (χ3n) is 0.209. The Morgan fingerprint density at radius 1 is 1.00 bits per heavy atom. The highest BCUT2D eigenvalue weighted by Crippen LogP contribution is 1.79. The van der Waals surface area contributed by atoms with E-state index in [2.05, 4.69) is 11.1 Å². The third-order valence-corrected chi connectivity index (χ3v) is 0.461. The monoisotopic (exact) mass is 120 g/mol. The predicted octanol–water partition coefficient (Wildman–Crippen LogP) is 2.10. The van der Waals surface area contributed by atoms with Gasteiger partial charge in [0.25, 0.3) is 0 Å². The lowest BCUT2D eigenvalue weighted by molar-refractivity contribution is 2.00. The predicted molar refractivity (Wildman–Crippen MR) is 27.3 cm³/mol. The van der Waals surface area contributed by atoms with Crippen molar-refractivity contribution in [3.63, 3.8) is 0 Å². The smallest absolute Gasteiger partial charge is 0.0592 e. The molecular formula is C4H2Cl2. The minimum atomic E-state index is 1.45. The van der Waals surface area contributed by atoms with E-state index in [0.29, 0.717) is 0 Å². The Bertz CT molecular complexity index is 53.9. The molecule has 0 spiro atoms. The largest absolute Gasteiger partial charge is 0.0827 e. The van der Waals surface area contributed by atoms with Crippen LogP contribution < -0.4 is 0 Å². The molecule has 0 aliphatic carbocycles. The number of hydrogen-bond acceptors (Lipinski definition) is 0. The quantitative estimate of drug-likeness (QED) is 0.466. The summed E-state index contributed by atoms with van der Waals surface area (Å²) in [5.41, 5.74) is 4.43. The summed E-state index contributed by atoms with van der Waals surface area (Å²) in [6, 6.07) is 0. The summed E-state index contributed by atoms with van der Waals surface area (Å²) < 4.78 is 0. The first-order valence-electron chi connectivity index (χ1n) is 1.29. The molecule has 0 bridgehead atoms. The van der Waals surface area contributed by atoms with E-state index in [4.69, 9.17) is 23.2 Å². The van der Waals surface area contributed by atoms with E-state index in [1.807, 2.05) is 0 Å². The van der Waals surface area contributed by atoms with E-state index < -0.39 is 0 Å². The lowest BCUT2D eigenvalue weighted by Crippen LogP contribution is -1.36. The van der Waals surface area contributed by atoms with Gasteiger partial charge < -0.3 is 0 Å². The number of rotatable bonds is 1. The first-order chi connectivity index (χ1) is 2.91. The molecule has 0 aromatic carbocycles. The van der Waals surface area contributed by atoms with E-state index in [1.54, 1.807) is 0 Å². The Labute approximate surface area is 47.1 Å². The fourth-order valence-electron chi connectivity index (χ4n) is 0.0630. The van der Waals surface area contributed by atoms with Crippen molar-refractivity contribution >= 4 is 23.2 Å². The Kier molecular flexibility index (Phi) is 5.11. The summed E-state index contributed by atoms with van der Waals surface area (Å²) in [5, 5.41) is 0. The van der Waals surface area contributed by atoms with Gasteiger partial charge in [0.05, 0.1) is 11.1 Å². The van der Waals surface area contributed by atoms with Gasteiger partial charge in [0.15, 0.2) is 0 Å². The molecule has 0 nitrogen and oxygen atoms in total. The van der Waals surface area contributed by atoms with Crippen LogP contribution in [-0.4, -0.2) is 0 Å². The maximum atomic E-state index is 4.94. The van der Waals surface area contributed by atoms with Crippen LogP contribution >= 0.6 is 23.2 Å². The van der Waals surface area contributed by atoms with E-state index in [1.165, 1.54) is 12.2 Å². The van der Waals surface area contributed by atoms with E-state index >= 15 is 0 Å². The van der Waals surface area contributed by atoms with Crippen molar-refractivity contribution in [2.24, 2.45) is 0 Å². The maximum absolute atomic E-state index is 4.94. The highest BCUT2D eigenvalue weighted by Gasteiger charge is 1.54. The van der Waals surface area contributed by atoms with Gasteiger partial charge in [0.2, 0.25) is 0 Å². The van der Waals surface area contributed by atoms with Gasteiger partial charge in [0, 0.05) is 0 Å². The SMILES string of the molecule is Cl/[C]=C\C=[C]/Cl. The molecular weight excluding hydrogens is 119 g/mol. The first kappa shape index (κ1) is 6.06. The second-order valence-electron chi connectivity index (χ2n) is 0.552. The summed E-state index contributed by atoms with van der Waals surface area (Å²) in [5.74, 6) is 0. The summed E-state index contributed by atoms with van der Waals surface area (Å²) in [7, 11) is 0. The third kappa shape index (κ3) is 4.06. The van der Waals surface area contributed by atoms with Gasteiger partial charge in [0.1, 0.15) is 0 Å². The van der Waals surface area contributed by atoms with Gasteiger partial charge in [-0.05, 0) is 12.2 Å². The minimum absolute atomic E-state index is 1.45. The topological polar surface area (TPSA) is 0 Å². The molecule has 2 radical (unpaired) electrons. The first-order valence-corrected chi connectivity index (χ1v) is 2.04. The highest BCUT2D eigenvalue weighted by molar-refractivity contribution is 6.23. The molecule has 0 aliphatic heterocycles. The summed E-state index contributed by atoms with van der Waals surface area (Å²) >= 11 is 9.89. The van der Waals surface area contributed by atoms with Crippen molar-refractivity contribution in [2.75, 3.05) is 0 Å². The summed E-state index contributed by atoms with van der Waals surface area (Å²) in [6.45, 7) is 0. The molecule has 0 heterocycles. The molecule has 6 heavy (non-hydrogen) atoms. The summed E-state index contributed by atoms with van der Waals surface area (Å²) in [6.07, 6.45) is 2.91. The Morgan fingerprint density at radius 3 is 1.50 bits per heavy atom. The van der Waals surface area contributed by atoms with Crippen LogP contribution in [0.5, 0.6) is 0 Å². The lowest BCUT2D eigenvalue weighted by Gasteiger charge is -1.57. The fraction of sp³-hybridized carbons (Fsp3) is 0. The van der Waals surface area contributed by atoms with Crippen molar-refractivity contribution in [1.82, 2.24) is 0 Å². The maximum Gasteiger partial charge on any atom is 0.0592 e. The molecule has 2 heteroatoms. The summed E-state index contributed by atoms with van der Waals surface area (Å²) in [4.78, 5) is 0. The van der Waals surface area contributed by atoms with E-state index in [-0.39, 0.29) is 0 Å². The zero-order valence-corrected chi connectivity index (χ0v) is 4.42. The van der Waals surface area contributed by atoms with Crippen LogP contribution in [0.2, 0.25) is 0 Å². The van der Waals surface area contributed by atoms with Crippen molar-refractivity contribution in [3.05, 3.63) is 23.2 Å². The average Bonchev–Trinajstić information content (AvgIpc) is 1.61. The molecule has 0 aromatic heterocycles. The van der Waals surface area contributed by atoms with E-state index in [9.17, 15) is 0 Å². The Hall–Kier alpha value is 0.0600. The molecule has 0 atom stereocenters. The molecule has 0 rings (SSSR count). The molecule has 0 saturated carbocycles. The average molecular weight is 121 g/mol. The zero-order chi connectivity index (χ0) is 4.83. The van der Waals surface area contributed by atoms with Crippen molar-refractivity contribution < 1.29 is 0 Å².